The highest BCUT2D eigenvalue weighted by Gasteiger charge is 2.26. The van der Waals surface area contributed by atoms with E-state index in [1.54, 1.807) is 6.20 Å². The minimum Gasteiger partial charge on any atom is -0.474 e. The van der Waals surface area contributed by atoms with Crippen molar-refractivity contribution in [3.8, 4) is 0 Å². The second kappa shape index (κ2) is 8.61. The van der Waals surface area contributed by atoms with Crippen LogP contribution in [0.1, 0.15) is 49.4 Å². The zero-order valence-electron chi connectivity index (χ0n) is 19.1. The van der Waals surface area contributed by atoms with Gasteiger partial charge in [0.25, 0.3) is 0 Å². The first-order valence-electron chi connectivity index (χ1n) is 12.0. The minimum absolute atomic E-state index is 0.242. The molecule has 10 heteroatoms. The molecular weight excluding hydrogens is 446 g/mol. The van der Waals surface area contributed by atoms with Gasteiger partial charge in [0, 0.05) is 54.4 Å². The summed E-state index contributed by atoms with van der Waals surface area (Å²) in [6, 6.07) is 6.10. The molecule has 2 N–H and O–H groups in total. The number of carboxylic acids is 1. The molecule has 1 aliphatic carbocycles. The number of carboxylic acid groups (broad SMARTS) is 1. The van der Waals surface area contributed by atoms with Crippen LogP contribution in [0.3, 0.4) is 0 Å². The number of hydrogen-bond donors (Lipinski definition) is 2. The maximum Gasteiger partial charge on any atom is 0.394 e. The molecule has 1 fully saturated rings. The van der Waals surface area contributed by atoms with E-state index < -0.39 is 11.9 Å². The zero-order valence-corrected chi connectivity index (χ0v) is 19.1. The van der Waals surface area contributed by atoms with Crippen LogP contribution in [0.15, 0.2) is 36.8 Å². The third-order valence-electron chi connectivity index (χ3n) is 7.04. The summed E-state index contributed by atoms with van der Waals surface area (Å²) in [5, 5.41) is 14.3. The molecule has 35 heavy (non-hydrogen) atoms. The van der Waals surface area contributed by atoms with Crippen LogP contribution in [0, 0.1) is 0 Å². The number of pyridine rings is 2. The third-order valence-corrected chi connectivity index (χ3v) is 7.04. The van der Waals surface area contributed by atoms with Gasteiger partial charge in [0.2, 0.25) is 5.95 Å². The molecule has 0 saturated heterocycles. The van der Waals surface area contributed by atoms with Crippen molar-refractivity contribution in [2.75, 3.05) is 11.9 Å². The Bertz CT molecular complexity index is 1460. The van der Waals surface area contributed by atoms with E-state index in [1.165, 1.54) is 24.2 Å². The molecule has 178 valence electrons. The Morgan fingerprint density at radius 1 is 1.03 bits per heavy atom. The number of rotatable bonds is 3. The Hall–Kier alpha value is -4.08. The Labute approximate surface area is 201 Å². The van der Waals surface area contributed by atoms with Crippen LogP contribution in [0.5, 0.6) is 0 Å². The van der Waals surface area contributed by atoms with Crippen LogP contribution in [0.4, 0.5) is 11.8 Å². The van der Waals surface area contributed by atoms with E-state index in [4.69, 9.17) is 10.1 Å². The molecule has 4 aromatic heterocycles. The summed E-state index contributed by atoms with van der Waals surface area (Å²) < 4.78 is 2.33. The number of amides is 1. The minimum atomic E-state index is -1.44. The average Bonchev–Trinajstić information content (AvgIpc) is 3.22. The molecule has 10 nitrogen and oxygen atoms in total. The van der Waals surface area contributed by atoms with Crippen LogP contribution in [-0.4, -0.2) is 52.9 Å². The number of aromatic nitrogens is 5. The van der Waals surface area contributed by atoms with Crippen LogP contribution in [-0.2, 0) is 22.6 Å². The molecule has 0 spiro atoms. The van der Waals surface area contributed by atoms with Crippen molar-refractivity contribution in [2.24, 2.45) is 0 Å². The molecule has 0 aromatic carbocycles. The van der Waals surface area contributed by atoms with Gasteiger partial charge in [-0.1, -0.05) is 25.3 Å². The molecule has 5 heterocycles. The van der Waals surface area contributed by atoms with E-state index in [9.17, 15) is 9.59 Å². The molecular formula is C25H25N7O3. The van der Waals surface area contributed by atoms with Crippen LogP contribution >= 0.6 is 0 Å². The van der Waals surface area contributed by atoms with E-state index in [0.29, 0.717) is 30.8 Å². The highest BCUT2D eigenvalue weighted by molar-refractivity contribution is 6.31. The van der Waals surface area contributed by atoms with Crippen LogP contribution in [0.2, 0.25) is 0 Å². The lowest BCUT2D eigenvalue weighted by molar-refractivity contribution is -0.156. The first kappa shape index (κ1) is 21.5. The molecule has 0 unspecified atom stereocenters. The molecule has 1 aliphatic heterocycles. The van der Waals surface area contributed by atoms with E-state index in [0.717, 1.165) is 46.0 Å². The standard InChI is InChI=1S/C25H25N7O3/c33-23(24(34)35)31-11-9-19-15(14-31)6-7-21(28-19)29-25-27-12-18-17-8-10-26-13-20(17)32(22(18)30-25)16-4-2-1-3-5-16/h6-8,10,12-13,16H,1-5,9,11,14H2,(H,34,35)(H,27,28,29,30). The molecule has 4 aromatic rings. The summed E-state index contributed by atoms with van der Waals surface area (Å²) in [4.78, 5) is 42.7. The fourth-order valence-corrected chi connectivity index (χ4v) is 5.34. The summed E-state index contributed by atoms with van der Waals surface area (Å²) in [6.07, 6.45) is 12.1. The van der Waals surface area contributed by atoms with Crippen molar-refractivity contribution in [1.29, 1.82) is 0 Å². The number of nitrogens with one attached hydrogen (secondary N) is 1. The SMILES string of the molecule is O=C(O)C(=O)N1CCc2nc(Nc3ncc4c5ccncc5n(C5CCCCC5)c4n3)ccc2C1. The summed E-state index contributed by atoms with van der Waals surface area (Å²) in [6.45, 7) is 0.568. The van der Waals surface area contributed by atoms with E-state index in [2.05, 4.69) is 24.8 Å². The predicted molar refractivity (Wildman–Crippen MR) is 129 cm³/mol. The lowest BCUT2D eigenvalue weighted by atomic mass is 9.95. The van der Waals surface area contributed by atoms with Crippen molar-refractivity contribution >= 4 is 45.6 Å². The van der Waals surface area contributed by atoms with Crippen molar-refractivity contribution in [3.63, 3.8) is 0 Å². The molecule has 1 amide bonds. The Kier molecular flexibility index (Phi) is 5.28. The molecule has 1 saturated carbocycles. The van der Waals surface area contributed by atoms with Crippen LogP contribution < -0.4 is 5.32 Å². The number of aliphatic carboxylic acids is 1. The average molecular weight is 472 g/mol. The highest BCUT2D eigenvalue weighted by Crippen LogP contribution is 2.36. The third kappa shape index (κ3) is 3.84. The first-order chi connectivity index (χ1) is 17.1. The number of hydrogen-bond acceptors (Lipinski definition) is 7. The van der Waals surface area contributed by atoms with Gasteiger partial charge < -0.3 is 19.9 Å². The Morgan fingerprint density at radius 2 is 1.89 bits per heavy atom. The van der Waals surface area contributed by atoms with E-state index in [1.807, 2.05) is 30.6 Å². The van der Waals surface area contributed by atoms with Crippen LogP contribution in [0.25, 0.3) is 21.9 Å². The summed E-state index contributed by atoms with van der Waals surface area (Å²) in [5.41, 5.74) is 3.68. The van der Waals surface area contributed by atoms with Gasteiger partial charge in [-0.15, -0.1) is 0 Å². The van der Waals surface area contributed by atoms with Gasteiger partial charge in [-0.05, 0) is 30.5 Å². The van der Waals surface area contributed by atoms with Gasteiger partial charge in [-0.2, -0.15) is 4.98 Å². The summed E-state index contributed by atoms with van der Waals surface area (Å²) in [5.74, 6) is -1.24. The fraction of sp³-hybridized carbons (Fsp3) is 0.360. The number of anilines is 2. The maximum atomic E-state index is 11.8. The summed E-state index contributed by atoms with van der Waals surface area (Å²) >= 11 is 0. The van der Waals surface area contributed by atoms with Gasteiger partial charge in [-0.3, -0.25) is 9.78 Å². The maximum absolute atomic E-state index is 11.8. The van der Waals surface area contributed by atoms with Gasteiger partial charge >= 0.3 is 11.9 Å². The topological polar surface area (TPSA) is 126 Å². The lowest BCUT2D eigenvalue weighted by Crippen LogP contribution is -2.40. The van der Waals surface area contributed by atoms with Crippen molar-refractivity contribution < 1.29 is 14.7 Å². The molecule has 0 bridgehead atoms. The first-order valence-corrected chi connectivity index (χ1v) is 12.0. The second-order valence-electron chi connectivity index (χ2n) is 9.19. The molecule has 0 radical (unpaired) electrons. The highest BCUT2D eigenvalue weighted by atomic mass is 16.4. The largest absolute Gasteiger partial charge is 0.474 e. The molecule has 0 atom stereocenters. The van der Waals surface area contributed by atoms with Gasteiger partial charge in [0.15, 0.2) is 0 Å². The Balaban J connectivity index is 1.32. The van der Waals surface area contributed by atoms with Crippen molar-refractivity contribution in [2.45, 2.75) is 51.1 Å². The van der Waals surface area contributed by atoms with Gasteiger partial charge in [-0.25, -0.2) is 14.8 Å². The number of fused-ring (bicyclic) bond motifs is 4. The second-order valence-corrected chi connectivity index (χ2v) is 9.19. The smallest absolute Gasteiger partial charge is 0.394 e. The molecule has 2 aliphatic rings. The van der Waals surface area contributed by atoms with E-state index >= 15 is 0 Å². The lowest BCUT2D eigenvalue weighted by Gasteiger charge is -2.27. The van der Waals surface area contributed by atoms with Gasteiger partial charge in [0.1, 0.15) is 11.5 Å². The normalized spacial score (nSPS) is 16.4. The monoisotopic (exact) mass is 471 g/mol. The molecule has 6 rings (SSSR count). The Morgan fingerprint density at radius 3 is 2.71 bits per heavy atom. The summed E-state index contributed by atoms with van der Waals surface area (Å²) in [7, 11) is 0. The van der Waals surface area contributed by atoms with Gasteiger partial charge in [0.05, 0.1) is 11.7 Å². The predicted octanol–water partition coefficient (Wildman–Crippen LogP) is 3.59. The zero-order chi connectivity index (χ0) is 23.9. The quantitative estimate of drug-likeness (QED) is 0.434. The fourth-order valence-electron chi connectivity index (χ4n) is 5.34. The number of carbonyl (C=O) groups is 2. The van der Waals surface area contributed by atoms with E-state index in [-0.39, 0.29) is 6.54 Å². The van der Waals surface area contributed by atoms with Crippen molar-refractivity contribution in [1.82, 2.24) is 29.4 Å². The number of nitrogens with zero attached hydrogens (tertiary/aromatic N) is 6. The van der Waals surface area contributed by atoms with Crippen molar-refractivity contribution in [3.05, 3.63) is 48.0 Å². The number of carbonyl (C=O) groups excluding carboxylic acids is 1.